The molecule has 67 heavy (non-hydrogen) atoms. The van der Waals surface area contributed by atoms with Gasteiger partial charge in [0.2, 0.25) is 17.7 Å². The first-order chi connectivity index (χ1) is 31.8. The van der Waals surface area contributed by atoms with Gasteiger partial charge in [0.15, 0.2) is 0 Å². The average Bonchev–Trinajstić information content (AvgIpc) is 3.91. The molecule has 3 N–H and O–H groups in total. The van der Waals surface area contributed by atoms with Gasteiger partial charge in [-0.2, -0.15) is 5.26 Å². The number of halogens is 2. The molecule has 0 bridgehead atoms. The number of ether oxygens (including phenoxy) is 1. The summed E-state index contributed by atoms with van der Waals surface area (Å²) in [4.78, 5) is 58.8. The number of carbonyl (C=O) groups excluding carboxylic acids is 4. The van der Waals surface area contributed by atoms with Crippen LogP contribution in [0.1, 0.15) is 118 Å². The molecule has 4 atom stereocenters. The molecule has 3 fully saturated rings. The van der Waals surface area contributed by atoms with Crippen LogP contribution >= 0.6 is 27.5 Å². The second-order valence-electron chi connectivity index (χ2n) is 19.6. The molecule has 3 heterocycles. The van der Waals surface area contributed by atoms with E-state index < -0.39 is 40.8 Å². The van der Waals surface area contributed by atoms with Crippen LogP contribution in [0.5, 0.6) is 5.75 Å². The lowest BCUT2D eigenvalue weighted by Gasteiger charge is -2.63. The largest absolute Gasteiger partial charge is 0.489 e. The number of amides is 4. The van der Waals surface area contributed by atoms with Crippen molar-refractivity contribution in [1.82, 2.24) is 25.6 Å². The number of nitrogens with one attached hydrogen (secondary N) is 2. The molecule has 7 rings (SSSR count). The maximum Gasteiger partial charge on any atom is 0.251 e. The number of aliphatic hydroxyl groups excluding tert-OH is 1. The lowest BCUT2D eigenvalue weighted by atomic mass is 9.49. The molecule has 2 saturated heterocycles. The fourth-order valence-corrected chi connectivity index (χ4v) is 10.7. The van der Waals surface area contributed by atoms with Crippen LogP contribution in [0.25, 0.3) is 0 Å². The van der Waals surface area contributed by atoms with Crippen molar-refractivity contribution in [2.24, 2.45) is 22.7 Å². The van der Waals surface area contributed by atoms with Gasteiger partial charge in [-0.1, -0.05) is 98.2 Å². The van der Waals surface area contributed by atoms with E-state index in [2.05, 4.69) is 77.3 Å². The van der Waals surface area contributed by atoms with E-state index in [1.54, 1.807) is 43.3 Å². The maximum atomic E-state index is 14.1. The van der Waals surface area contributed by atoms with Crippen LogP contribution in [0.2, 0.25) is 5.02 Å². The molecule has 1 aliphatic carbocycles. The van der Waals surface area contributed by atoms with Gasteiger partial charge in [0.05, 0.1) is 34.8 Å². The van der Waals surface area contributed by atoms with Gasteiger partial charge in [-0.25, -0.2) is 0 Å². The van der Waals surface area contributed by atoms with Crippen molar-refractivity contribution in [1.29, 1.82) is 5.26 Å². The maximum absolute atomic E-state index is 14.1. The minimum absolute atomic E-state index is 0.00534. The summed E-state index contributed by atoms with van der Waals surface area (Å²) in [5.74, 6) is 5.79. The number of hydrogen-bond acceptors (Lipinski definition) is 9. The first-order valence-electron chi connectivity index (χ1n) is 22.8. The number of hydrogen-bond donors (Lipinski definition) is 3. The molecule has 0 unspecified atom stereocenters. The fraction of sp³-hybridized carbons (Fsp3) is 0.462. The second kappa shape index (κ2) is 20.3. The Kier molecular flexibility index (Phi) is 14.9. The van der Waals surface area contributed by atoms with Gasteiger partial charge in [0.25, 0.3) is 5.91 Å². The van der Waals surface area contributed by atoms with E-state index in [1.165, 1.54) is 4.90 Å². The molecule has 352 valence electrons. The molecule has 4 amide bonds. The van der Waals surface area contributed by atoms with Crippen molar-refractivity contribution >= 4 is 51.2 Å². The summed E-state index contributed by atoms with van der Waals surface area (Å²) in [6, 6.07) is 21.7. The summed E-state index contributed by atoms with van der Waals surface area (Å²) < 4.78 is 12.7. The number of carbonyl (C=O) groups is 4. The third-order valence-corrected chi connectivity index (χ3v) is 14.4. The van der Waals surface area contributed by atoms with Crippen LogP contribution in [0.15, 0.2) is 81.8 Å². The number of piperidine rings is 1. The Morgan fingerprint density at radius 1 is 1.00 bits per heavy atom. The Bertz CT molecular complexity index is 2570. The Hall–Kier alpha value is -5.67. The molecular weight excluding hydrogens is 936 g/mol. The highest BCUT2D eigenvalue weighted by molar-refractivity contribution is 9.10. The van der Waals surface area contributed by atoms with Gasteiger partial charge in [-0.3, -0.25) is 19.2 Å². The SMILES string of the molecule is Cc1cc([C@H](C(=O)N2C[C@H](O)C[C@H]2C(=O)N[C@@H](CC(=O)N2CCC(C#Cc3ccc(C(=O)NC4C(C)(C)C(Oc5ccc(C#N)c(Cl)c5)C4(C)C)cc3)CC2)c2ccc(Br)cc2)C(C)C)on1. The van der Waals surface area contributed by atoms with E-state index in [9.17, 15) is 29.5 Å². The molecule has 1 aromatic heterocycles. The smallest absolute Gasteiger partial charge is 0.251 e. The summed E-state index contributed by atoms with van der Waals surface area (Å²) in [7, 11) is 0. The van der Waals surface area contributed by atoms with E-state index in [0.717, 1.165) is 15.6 Å². The highest BCUT2D eigenvalue weighted by Gasteiger charge is 2.64. The second-order valence-corrected chi connectivity index (χ2v) is 20.9. The van der Waals surface area contributed by atoms with Crippen molar-refractivity contribution in [2.45, 2.75) is 110 Å². The van der Waals surface area contributed by atoms with Crippen LogP contribution in [0, 0.1) is 52.8 Å². The Balaban J connectivity index is 0.930. The van der Waals surface area contributed by atoms with E-state index in [1.807, 2.05) is 55.1 Å². The van der Waals surface area contributed by atoms with Gasteiger partial charge in [0.1, 0.15) is 35.6 Å². The standard InChI is InChI=1S/C52H58BrClN6O7/c1-30(2)45(43-24-31(3)58-67-43)48(65)60-29-38(61)25-42(60)47(64)56-41(34-14-17-37(53)18-15-34)27-44(62)59-22-20-33(21-23-59)9-8-32-10-12-35(13-11-32)46(63)57-49-51(4,5)50(52(49,6)7)66-39-19-16-36(28-55)40(54)26-39/h10-19,24,26,30,33,38,41-42,45,49-50,61H,20-23,25,27,29H2,1-7H3,(H,56,64)(H,57,63)/t38-,41+,42+,45-,49?,50?/m1/s1. The van der Waals surface area contributed by atoms with Crippen LogP contribution in [-0.4, -0.2) is 87.6 Å². The number of nitriles is 1. The van der Waals surface area contributed by atoms with E-state index >= 15 is 0 Å². The first kappa shape index (κ1) is 49.2. The number of rotatable bonds is 12. The zero-order valence-electron chi connectivity index (χ0n) is 38.9. The molecular formula is C52H58BrClN6O7. The van der Waals surface area contributed by atoms with Gasteiger partial charge in [-0.05, 0) is 79.8 Å². The average molecular weight is 994 g/mol. The molecule has 3 aromatic carbocycles. The minimum Gasteiger partial charge on any atom is -0.489 e. The highest BCUT2D eigenvalue weighted by Crippen LogP contribution is 2.55. The van der Waals surface area contributed by atoms with Crippen molar-refractivity contribution in [3.63, 3.8) is 0 Å². The quantitative estimate of drug-likeness (QED) is 0.118. The van der Waals surface area contributed by atoms with Crippen molar-refractivity contribution in [2.75, 3.05) is 19.6 Å². The van der Waals surface area contributed by atoms with E-state index in [-0.39, 0.29) is 61.1 Å². The lowest BCUT2D eigenvalue weighted by Crippen LogP contribution is -2.74. The molecule has 15 heteroatoms. The molecule has 2 aliphatic heterocycles. The number of β-amino-alcohol motifs (C(OH)–C–C–N with tert-alkyl or cyclic N) is 1. The molecule has 0 radical (unpaired) electrons. The number of benzene rings is 3. The molecule has 3 aliphatic rings. The van der Waals surface area contributed by atoms with Gasteiger partial charge >= 0.3 is 0 Å². The normalized spacial score (nSPS) is 21.8. The third kappa shape index (κ3) is 10.9. The number of likely N-dealkylation sites (tertiary alicyclic amines) is 2. The van der Waals surface area contributed by atoms with Gasteiger partial charge in [-0.15, -0.1) is 0 Å². The monoisotopic (exact) mass is 992 g/mol. The Morgan fingerprint density at radius 3 is 2.27 bits per heavy atom. The van der Waals surface area contributed by atoms with Crippen molar-refractivity contribution in [3.8, 4) is 23.7 Å². The Morgan fingerprint density at radius 2 is 1.67 bits per heavy atom. The number of nitrogens with zero attached hydrogens (tertiary/aromatic N) is 4. The van der Waals surface area contributed by atoms with E-state index in [0.29, 0.717) is 59.3 Å². The summed E-state index contributed by atoms with van der Waals surface area (Å²) in [6.45, 7) is 14.9. The lowest BCUT2D eigenvalue weighted by molar-refractivity contribution is -0.164. The summed E-state index contributed by atoms with van der Waals surface area (Å²) in [5, 5.41) is 30.6. The Labute approximate surface area is 406 Å². The van der Waals surface area contributed by atoms with Gasteiger partial charge in [0, 0.05) is 76.6 Å². The van der Waals surface area contributed by atoms with E-state index in [4.69, 9.17) is 20.9 Å². The first-order valence-corrected chi connectivity index (χ1v) is 24.0. The van der Waals surface area contributed by atoms with Gasteiger partial charge < -0.3 is 34.8 Å². The summed E-state index contributed by atoms with van der Waals surface area (Å²) >= 11 is 9.73. The summed E-state index contributed by atoms with van der Waals surface area (Å²) in [5.41, 5.74) is 2.27. The molecule has 1 saturated carbocycles. The number of aryl methyl sites for hydroxylation is 1. The zero-order valence-corrected chi connectivity index (χ0v) is 41.3. The number of aliphatic hydroxyl groups is 1. The molecule has 4 aromatic rings. The molecule has 13 nitrogen and oxygen atoms in total. The third-order valence-electron chi connectivity index (χ3n) is 13.6. The van der Waals surface area contributed by atoms with Crippen LogP contribution in [-0.2, 0) is 14.4 Å². The topological polar surface area (TPSA) is 178 Å². The number of aromatic nitrogens is 1. The van der Waals surface area contributed by atoms with Crippen molar-refractivity contribution < 1.29 is 33.5 Å². The van der Waals surface area contributed by atoms with Crippen molar-refractivity contribution in [3.05, 3.63) is 116 Å². The fourth-order valence-electron chi connectivity index (χ4n) is 10.2. The summed E-state index contributed by atoms with van der Waals surface area (Å²) in [6.07, 6.45) is 0.345. The van der Waals surface area contributed by atoms with Crippen LogP contribution in [0.4, 0.5) is 0 Å². The zero-order chi connectivity index (χ0) is 48.4. The van der Waals surface area contributed by atoms with Crippen LogP contribution in [0.3, 0.4) is 0 Å². The predicted octanol–water partition coefficient (Wildman–Crippen LogP) is 8.12. The van der Waals surface area contributed by atoms with Crippen LogP contribution < -0.4 is 15.4 Å². The predicted molar refractivity (Wildman–Crippen MR) is 257 cm³/mol. The minimum atomic E-state index is -0.937. The molecule has 0 spiro atoms. The highest BCUT2D eigenvalue weighted by atomic mass is 79.9.